The van der Waals surface area contributed by atoms with Crippen molar-refractivity contribution in [2.75, 3.05) is 18.0 Å². The molecule has 4 rings (SSSR count). The average Bonchev–Trinajstić information content (AvgIpc) is 3.11. The first-order chi connectivity index (χ1) is 13.6. The third kappa shape index (κ3) is 4.17. The number of H-pyrrole nitrogens is 1. The zero-order chi connectivity index (χ0) is 19.5. The van der Waals surface area contributed by atoms with Crippen LogP contribution in [0.4, 0.5) is 5.82 Å². The van der Waals surface area contributed by atoms with Crippen LogP contribution in [0.25, 0.3) is 11.0 Å². The number of nitrogens with one attached hydrogen (secondary N) is 2. The zero-order valence-electron chi connectivity index (χ0n) is 17.1. The number of aromatic amines is 1. The molecule has 0 bridgehead atoms. The van der Waals surface area contributed by atoms with Crippen molar-refractivity contribution in [3.63, 3.8) is 0 Å². The minimum absolute atomic E-state index is 0.517. The quantitative estimate of drug-likeness (QED) is 0.685. The summed E-state index contributed by atoms with van der Waals surface area (Å²) in [6, 6.07) is 8.90. The molecule has 6 nitrogen and oxygen atoms in total. The van der Waals surface area contributed by atoms with Gasteiger partial charge in [0, 0.05) is 37.3 Å². The topological polar surface area (TPSA) is 69.7 Å². The Balaban J connectivity index is 1.33. The Labute approximate surface area is 166 Å². The number of para-hydroxylation sites is 1. The molecule has 1 aliphatic rings. The minimum Gasteiger partial charge on any atom is -0.356 e. The van der Waals surface area contributed by atoms with E-state index in [0.29, 0.717) is 6.04 Å². The molecular formula is C22H30N6. The molecule has 148 valence electrons. The fraction of sp³-hybridized carbons (Fsp3) is 0.500. The molecule has 6 heteroatoms. The van der Waals surface area contributed by atoms with Gasteiger partial charge in [-0.15, -0.1) is 0 Å². The number of nitrogens with zero attached hydrogens (tertiary/aromatic N) is 4. The maximum Gasteiger partial charge on any atom is 0.132 e. The van der Waals surface area contributed by atoms with Crippen LogP contribution in [-0.4, -0.2) is 39.1 Å². The van der Waals surface area contributed by atoms with E-state index in [2.05, 4.69) is 65.2 Å². The van der Waals surface area contributed by atoms with Crippen LogP contribution in [-0.2, 0) is 13.0 Å². The maximum absolute atomic E-state index is 4.78. The molecule has 0 atom stereocenters. The van der Waals surface area contributed by atoms with Gasteiger partial charge in [0.2, 0.25) is 0 Å². The van der Waals surface area contributed by atoms with Gasteiger partial charge in [-0.1, -0.05) is 19.1 Å². The maximum atomic E-state index is 4.78. The molecule has 0 amide bonds. The molecule has 0 spiro atoms. The highest BCUT2D eigenvalue weighted by Gasteiger charge is 2.21. The van der Waals surface area contributed by atoms with Crippen LogP contribution >= 0.6 is 0 Å². The lowest BCUT2D eigenvalue weighted by atomic mass is 10.0. The number of rotatable bonds is 6. The Morgan fingerprint density at radius 1 is 1.14 bits per heavy atom. The molecule has 1 saturated heterocycles. The average molecular weight is 379 g/mol. The summed E-state index contributed by atoms with van der Waals surface area (Å²) in [5.74, 6) is 3.07. The number of hydrogen-bond acceptors (Lipinski definition) is 5. The summed E-state index contributed by atoms with van der Waals surface area (Å²) in [6.07, 6.45) is 4.26. The molecule has 1 fully saturated rings. The Morgan fingerprint density at radius 3 is 2.71 bits per heavy atom. The monoisotopic (exact) mass is 378 g/mol. The van der Waals surface area contributed by atoms with Crippen LogP contribution in [0.1, 0.15) is 49.1 Å². The zero-order valence-corrected chi connectivity index (χ0v) is 17.1. The van der Waals surface area contributed by atoms with E-state index in [4.69, 9.17) is 9.97 Å². The molecule has 28 heavy (non-hydrogen) atoms. The van der Waals surface area contributed by atoms with Crippen molar-refractivity contribution in [3.8, 4) is 0 Å². The van der Waals surface area contributed by atoms with Crippen molar-refractivity contribution in [3.05, 3.63) is 47.2 Å². The van der Waals surface area contributed by atoms with Gasteiger partial charge in [-0.3, -0.25) is 0 Å². The summed E-state index contributed by atoms with van der Waals surface area (Å²) in [5, 5.41) is 3.68. The van der Waals surface area contributed by atoms with Crippen LogP contribution in [0.15, 0.2) is 24.3 Å². The summed E-state index contributed by atoms with van der Waals surface area (Å²) in [6.45, 7) is 9.18. The number of benzene rings is 1. The number of piperidine rings is 1. The Morgan fingerprint density at radius 2 is 1.96 bits per heavy atom. The largest absolute Gasteiger partial charge is 0.356 e. The lowest BCUT2D eigenvalue weighted by Crippen LogP contribution is -2.42. The van der Waals surface area contributed by atoms with E-state index < -0.39 is 0 Å². The van der Waals surface area contributed by atoms with Gasteiger partial charge in [0.05, 0.1) is 17.6 Å². The molecule has 1 aromatic carbocycles. The fourth-order valence-corrected chi connectivity index (χ4v) is 3.97. The molecule has 2 aromatic heterocycles. The Kier molecular flexibility index (Phi) is 5.57. The summed E-state index contributed by atoms with van der Waals surface area (Å²) < 4.78 is 0. The van der Waals surface area contributed by atoms with E-state index in [9.17, 15) is 0 Å². The van der Waals surface area contributed by atoms with Crippen molar-refractivity contribution >= 4 is 16.9 Å². The van der Waals surface area contributed by atoms with E-state index in [1.807, 2.05) is 0 Å². The summed E-state index contributed by atoms with van der Waals surface area (Å²) in [7, 11) is 0. The third-order valence-electron chi connectivity index (χ3n) is 5.50. The predicted molar refractivity (Wildman–Crippen MR) is 114 cm³/mol. The standard InChI is InChI=1S/C22H30N6/c1-4-6-19-24-16(3)13-21(26-19)28-11-9-17(10-12-28)23-14-20-25-18-8-5-7-15(2)22(18)27-20/h5,7-8,13,17,23H,4,6,9-12,14H2,1-3H3,(H,25,27). The van der Waals surface area contributed by atoms with E-state index in [1.54, 1.807) is 0 Å². The van der Waals surface area contributed by atoms with E-state index >= 15 is 0 Å². The number of fused-ring (bicyclic) bond motifs is 1. The third-order valence-corrected chi connectivity index (χ3v) is 5.50. The number of anilines is 1. The summed E-state index contributed by atoms with van der Waals surface area (Å²) in [5.41, 5.74) is 4.48. The van der Waals surface area contributed by atoms with Gasteiger partial charge in [0.15, 0.2) is 0 Å². The van der Waals surface area contributed by atoms with Crippen LogP contribution < -0.4 is 10.2 Å². The number of hydrogen-bond donors (Lipinski definition) is 2. The molecule has 0 radical (unpaired) electrons. The fourth-order valence-electron chi connectivity index (χ4n) is 3.97. The smallest absolute Gasteiger partial charge is 0.132 e. The minimum atomic E-state index is 0.517. The normalized spacial score (nSPS) is 15.5. The van der Waals surface area contributed by atoms with Crippen LogP contribution in [0.5, 0.6) is 0 Å². The van der Waals surface area contributed by atoms with Gasteiger partial charge in [-0.05, 0) is 44.7 Å². The Hall–Kier alpha value is -2.47. The first-order valence-corrected chi connectivity index (χ1v) is 10.4. The number of imidazole rings is 1. The van der Waals surface area contributed by atoms with Crippen molar-refractivity contribution in [2.45, 2.75) is 59.0 Å². The van der Waals surface area contributed by atoms with Gasteiger partial charge >= 0.3 is 0 Å². The molecule has 3 heterocycles. The second-order valence-corrected chi connectivity index (χ2v) is 7.83. The van der Waals surface area contributed by atoms with Crippen molar-refractivity contribution in [2.24, 2.45) is 0 Å². The highest BCUT2D eigenvalue weighted by atomic mass is 15.2. The van der Waals surface area contributed by atoms with Gasteiger partial charge in [-0.25, -0.2) is 15.0 Å². The van der Waals surface area contributed by atoms with Gasteiger partial charge in [0.1, 0.15) is 17.5 Å². The van der Waals surface area contributed by atoms with E-state index in [-0.39, 0.29) is 0 Å². The van der Waals surface area contributed by atoms with Gasteiger partial charge in [-0.2, -0.15) is 0 Å². The molecule has 2 N–H and O–H groups in total. The van der Waals surface area contributed by atoms with Crippen LogP contribution in [0.2, 0.25) is 0 Å². The lowest BCUT2D eigenvalue weighted by molar-refractivity contribution is 0.409. The Bertz CT molecular complexity index is 939. The lowest BCUT2D eigenvalue weighted by Gasteiger charge is -2.33. The van der Waals surface area contributed by atoms with E-state index in [0.717, 1.165) is 79.5 Å². The summed E-state index contributed by atoms with van der Waals surface area (Å²) >= 11 is 0. The number of aryl methyl sites for hydroxylation is 3. The first-order valence-electron chi connectivity index (χ1n) is 10.4. The second kappa shape index (κ2) is 8.27. The van der Waals surface area contributed by atoms with E-state index in [1.165, 1.54) is 5.56 Å². The molecular weight excluding hydrogens is 348 g/mol. The molecule has 3 aromatic rings. The van der Waals surface area contributed by atoms with Crippen molar-refractivity contribution in [1.29, 1.82) is 0 Å². The molecule has 1 aliphatic heterocycles. The van der Waals surface area contributed by atoms with Crippen LogP contribution in [0, 0.1) is 13.8 Å². The second-order valence-electron chi connectivity index (χ2n) is 7.83. The van der Waals surface area contributed by atoms with Crippen molar-refractivity contribution in [1.82, 2.24) is 25.3 Å². The van der Waals surface area contributed by atoms with Gasteiger partial charge in [0.25, 0.3) is 0 Å². The highest BCUT2D eigenvalue weighted by Crippen LogP contribution is 2.20. The van der Waals surface area contributed by atoms with Gasteiger partial charge < -0.3 is 15.2 Å². The number of aromatic nitrogens is 4. The summed E-state index contributed by atoms with van der Waals surface area (Å²) in [4.78, 5) is 19.9. The highest BCUT2D eigenvalue weighted by molar-refractivity contribution is 5.78. The SMILES string of the molecule is CCCc1nc(C)cc(N2CCC(NCc3nc4c(C)cccc4[nH]3)CC2)n1. The predicted octanol–water partition coefficient (Wildman–Crippen LogP) is 3.68. The first kappa shape index (κ1) is 18.9. The van der Waals surface area contributed by atoms with Crippen LogP contribution in [0.3, 0.4) is 0 Å². The van der Waals surface area contributed by atoms with Crippen molar-refractivity contribution < 1.29 is 0 Å². The molecule has 0 saturated carbocycles. The molecule has 0 unspecified atom stereocenters. The molecule has 0 aliphatic carbocycles.